The summed E-state index contributed by atoms with van der Waals surface area (Å²) in [5.41, 5.74) is 2.70. The van der Waals surface area contributed by atoms with Crippen molar-refractivity contribution in [3.8, 4) is 5.75 Å². The lowest BCUT2D eigenvalue weighted by Gasteiger charge is -2.25. The number of nitrogens with one attached hydrogen (secondary N) is 4. The predicted molar refractivity (Wildman–Crippen MR) is 162 cm³/mol. The number of anilines is 1. The first-order valence-corrected chi connectivity index (χ1v) is 14.0. The number of aromatic nitrogens is 1. The molecule has 1 saturated carbocycles. The summed E-state index contributed by atoms with van der Waals surface area (Å²) in [4.78, 5) is 59.8. The number of phenolic OH excluding ortho intramolecular Hbond substituents is 1. The molecule has 0 bridgehead atoms. The standard InChI is InChI=1S/C31H34N6O7/c1-4-33-29(40)21-8-5-18(2)25(14-21)37(31(42)44-17-43-26(39)13-20-6-11-23(38)12-7-20)28(35-16-32)27-19(3)24(15-34-27)30(41)36-22-9-10-22/h5-8,11-12,14-16,22,32,34,38H,4,9-10,13,17H2,1-3H3,(H,33,40)(H,36,41)/b32-16?,35-28+. The topological polar surface area (TPSA) is 186 Å². The number of carbonyl (C=O) groups excluding carboxylic acids is 4. The average molecular weight is 603 g/mol. The molecule has 0 atom stereocenters. The van der Waals surface area contributed by atoms with Crippen molar-refractivity contribution in [1.82, 2.24) is 15.6 Å². The number of amides is 3. The highest BCUT2D eigenvalue weighted by Crippen LogP contribution is 2.27. The van der Waals surface area contributed by atoms with Crippen molar-refractivity contribution >= 4 is 41.7 Å². The molecule has 230 valence electrons. The lowest BCUT2D eigenvalue weighted by molar-refractivity contribution is -0.150. The molecule has 4 rings (SSSR count). The fourth-order valence-corrected chi connectivity index (χ4v) is 4.34. The van der Waals surface area contributed by atoms with Gasteiger partial charge in [-0.25, -0.2) is 14.7 Å². The fourth-order valence-electron chi connectivity index (χ4n) is 4.34. The summed E-state index contributed by atoms with van der Waals surface area (Å²) in [7, 11) is 0. The van der Waals surface area contributed by atoms with Crippen molar-refractivity contribution in [2.75, 3.05) is 18.2 Å². The van der Waals surface area contributed by atoms with Crippen LogP contribution in [0.25, 0.3) is 0 Å². The lowest BCUT2D eigenvalue weighted by Crippen LogP contribution is -2.40. The van der Waals surface area contributed by atoms with E-state index in [1.165, 1.54) is 24.4 Å². The van der Waals surface area contributed by atoms with E-state index in [2.05, 4.69) is 20.6 Å². The quantitative estimate of drug-likeness (QED) is 0.0957. The number of H-pyrrole nitrogens is 1. The van der Waals surface area contributed by atoms with Gasteiger partial charge in [-0.2, -0.15) is 0 Å². The maximum Gasteiger partial charge on any atom is 0.423 e. The van der Waals surface area contributed by atoms with Crippen LogP contribution in [0.4, 0.5) is 10.5 Å². The van der Waals surface area contributed by atoms with Gasteiger partial charge in [0.25, 0.3) is 11.8 Å². The molecule has 44 heavy (non-hydrogen) atoms. The first-order valence-electron chi connectivity index (χ1n) is 14.0. The van der Waals surface area contributed by atoms with Crippen LogP contribution in [0, 0.1) is 19.3 Å². The molecule has 1 heterocycles. The molecule has 13 nitrogen and oxygen atoms in total. The number of benzene rings is 2. The van der Waals surface area contributed by atoms with E-state index in [0.29, 0.717) is 28.8 Å². The molecule has 0 radical (unpaired) electrons. The van der Waals surface area contributed by atoms with Gasteiger partial charge in [0.05, 0.1) is 23.4 Å². The largest absolute Gasteiger partial charge is 0.508 e. The summed E-state index contributed by atoms with van der Waals surface area (Å²) in [6, 6.07) is 10.9. The highest BCUT2D eigenvalue weighted by Gasteiger charge is 2.31. The van der Waals surface area contributed by atoms with Crippen LogP contribution in [0.15, 0.2) is 53.7 Å². The third kappa shape index (κ3) is 7.68. The first-order chi connectivity index (χ1) is 21.1. The normalized spacial score (nSPS) is 12.7. The van der Waals surface area contributed by atoms with Crippen molar-refractivity contribution in [1.29, 1.82) is 5.41 Å². The Balaban J connectivity index is 1.65. The molecule has 0 aliphatic heterocycles. The second kappa shape index (κ2) is 14.1. The summed E-state index contributed by atoms with van der Waals surface area (Å²) in [5.74, 6) is -1.36. The number of nitrogens with zero attached hydrogens (tertiary/aromatic N) is 2. The Labute approximate surface area is 253 Å². The van der Waals surface area contributed by atoms with Gasteiger partial charge in [-0.3, -0.25) is 19.8 Å². The van der Waals surface area contributed by atoms with Crippen LogP contribution in [0.2, 0.25) is 0 Å². The van der Waals surface area contributed by atoms with Gasteiger partial charge < -0.3 is 30.2 Å². The Morgan fingerprint density at radius 3 is 2.48 bits per heavy atom. The fraction of sp³-hybridized carbons (Fsp3) is 0.290. The van der Waals surface area contributed by atoms with Crippen molar-refractivity contribution < 1.29 is 33.8 Å². The SMILES string of the molecule is CCNC(=O)c1ccc(C)c(N(C(=O)OCOC(=O)Cc2ccc(O)cc2)/C(=N/C=N)c2[nH]cc(C(=O)NC3CC3)c2C)c1. The van der Waals surface area contributed by atoms with Gasteiger partial charge in [0.2, 0.25) is 6.79 Å². The summed E-state index contributed by atoms with van der Waals surface area (Å²) in [5, 5.41) is 22.8. The number of aliphatic imine (C=N–C) groups is 1. The summed E-state index contributed by atoms with van der Waals surface area (Å²) in [6.45, 7) is 4.82. The lowest BCUT2D eigenvalue weighted by atomic mass is 10.1. The average Bonchev–Trinajstić information content (AvgIpc) is 3.72. The van der Waals surface area contributed by atoms with Gasteiger partial charge in [-0.1, -0.05) is 18.2 Å². The van der Waals surface area contributed by atoms with Gasteiger partial charge >= 0.3 is 12.1 Å². The van der Waals surface area contributed by atoms with E-state index < -0.39 is 18.9 Å². The first kappa shape index (κ1) is 31.5. The predicted octanol–water partition coefficient (Wildman–Crippen LogP) is 3.72. The van der Waals surface area contributed by atoms with Crippen molar-refractivity contribution in [3.63, 3.8) is 0 Å². The number of aromatic hydroxyl groups is 1. The molecular weight excluding hydrogens is 568 g/mol. The van der Waals surface area contributed by atoms with E-state index in [4.69, 9.17) is 14.9 Å². The van der Waals surface area contributed by atoms with E-state index in [1.54, 1.807) is 45.0 Å². The second-order valence-corrected chi connectivity index (χ2v) is 10.1. The number of aromatic amines is 1. The summed E-state index contributed by atoms with van der Waals surface area (Å²) >= 11 is 0. The third-order valence-corrected chi connectivity index (χ3v) is 6.84. The van der Waals surface area contributed by atoms with Crippen LogP contribution in [0.3, 0.4) is 0 Å². The zero-order valence-electron chi connectivity index (χ0n) is 24.6. The molecule has 3 amide bonds. The van der Waals surface area contributed by atoms with E-state index in [9.17, 15) is 24.3 Å². The highest BCUT2D eigenvalue weighted by molar-refractivity contribution is 6.24. The maximum absolute atomic E-state index is 13.7. The zero-order valence-corrected chi connectivity index (χ0v) is 24.6. The minimum absolute atomic E-state index is 0.0537. The van der Waals surface area contributed by atoms with Crippen molar-refractivity contribution in [2.45, 2.75) is 46.1 Å². The van der Waals surface area contributed by atoms with Crippen LogP contribution in [0.5, 0.6) is 5.75 Å². The van der Waals surface area contributed by atoms with Gasteiger partial charge in [0.15, 0.2) is 5.84 Å². The number of carbonyl (C=O) groups is 4. The summed E-state index contributed by atoms with van der Waals surface area (Å²) in [6.07, 6.45) is 2.90. The van der Waals surface area contributed by atoms with E-state index in [1.807, 2.05) is 0 Å². The molecule has 1 fully saturated rings. The van der Waals surface area contributed by atoms with Crippen LogP contribution in [-0.4, -0.2) is 65.5 Å². The molecule has 1 aliphatic carbocycles. The van der Waals surface area contributed by atoms with Crippen molar-refractivity contribution in [2.24, 2.45) is 4.99 Å². The number of hydrogen-bond acceptors (Lipinski definition) is 8. The maximum atomic E-state index is 13.7. The van der Waals surface area contributed by atoms with E-state index >= 15 is 0 Å². The Kier molecular flexibility index (Phi) is 10.1. The van der Waals surface area contributed by atoms with Crippen LogP contribution in [-0.2, 0) is 20.7 Å². The number of rotatable bonds is 11. The van der Waals surface area contributed by atoms with Gasteiger partial charge in [0.1, 0.15) is 12.1 Å². The highest BCUT2D eigenvalue weighted by atomic mass is 16.7. The van der Waals surface area contributed by atoms with Gasteiger partial charge in [-0.15, -0.1) is 0 Å². The van der Waals surface area contributed by atoms with Crippen LogP contribution >= 0.6 is 0 Å². The Morgan fingerprint density at radius 2 is 1.82 bits per heavy atom. The zero-order chi connectivity index (χ0) is 31.8. The van der Waals surface area contributed by atoms with Gasteiger partial charge in [-0.05, 0) is 74.6 Å². The molecule has 0 unspecified atom stereocenters. The van der Waals surface area contributed by atoms with E-state index in [-0.39, 0.29) is 52.8 Å². The molecule has 1 aliphatic rings. The second-order valence-electron chi connectivity index (χ2n) is 10.1. The van der Waals surface area contributed by atoms with Crippen molar-refractivity contribution in [3.05, 3.63) is 82.2 Å². The molecule has 2 aromatic carbocycles. The smallest absolute Gasteiger partial charge is 0.423 e. The molecule has 13 heteroatoms. The Morgan fingerprint density at radius 1 is 1.09 bits per heavy atom. The molecule has 1 aromatic heterocycles. The monoisotopic (exact) mass is 602 g/mol. The Bertz CT molecular complexity index is 1590. The minimum Gasteiger partial charge on any atom is -0.508 e. The van der Waals surface area contributed by atoms with Crippen LogP contribution < -0.4 is 15.5 Å². The number of amidine groups is 1. The van der Waals surface area contributed by atoms with E-state index in [0.717, 1.165) is 24.1 Å². The number of phenols is 1. The minimum atomic E-state index is -1.02. The number of hydrogen-bond donors (Lipinski definition) is 5. The third-order valence-electron chi connectivity index (χ3n) is 6.84. The molecular formula is C31H34N6O7. The number of ether oxygens (including phenoxy) is 2. The van der Waals surface area contributed by atoms with Gasteiger partial charge in [0, 0.05) is 24.3 Å². The van der Waals surface area contributed by atoms with Crippen LogP contribution in [0.1, 0.15) is 62.9 Å². The molecule has 0 spiro atoms. The molecule has 0 saturated heterocycles. The Hall–Kier alpha value is -5.46. The molecule has 5 N–H and O–H groups in total. The summed E-state index contributed by atoms with van der Waals surface area (Å²) < 4.78 is 10.5. The molecule has 3 aromatic rings. The number of esters is 1. The number of aryl methyl sites for hydroxylation is 1.